The van der Waals surface area contributed by atoms with Crippen molar-refractivity contribution in [1.82, 2.24) is 0 Å². The number of hydrogen-bond donors (Lipinski definition) is 5. The van der Waals surface area contributed by atoms with E-state index in [9.17, 15) is 14.4 Å². The monoisotopic (exact) mass is 249 g/mol. The Morgan fingerprint density at radius 2 is 1.47 bits per heavy atom. The van der Waals surface area contributed by atoms with Crippen molar-refractivity contribution in [1.29, 1.82) is 0 Å². The molecule has 0 aliphatic rings. The Hall–Kier alpha value is -1.67. The first-order chi connectivity index (χ1) is 7.59. The zero-order valence-corrected chi connectivity index (χ0v) is 9.79. The average molecular weight is 249 g/mol. The molecule has 0 spiro atoms. The molecule has 0 aliphatic heterocycles. The largest absolute Gasteiger partial charge is 0.480 e. The topological polar surface area (TPSA) is 170 Å². The van der Waals surface area contributed by atoms with Crippen LogP contribution in [0.3, 0.4) is 0 Å². The van der Waals surface area contributed by atoms with E-state index in [-0.39, 0.29) is 12.3 Å². The predicted molar refractivity (Wildman–Crippen MR) is 59.9 cm³/mol. The summed E-state index contributed by atoms with van der Waals surface area (Å²) < 4.78 is 0. The molecule has 0 aromatic heterocycles. The smallest absolute Gasteiger partial charge is 0.321 e. The number of hydrogen-bond acceptors (Lipinski definition) is 5. The number of carboxylic acid groups (broad SMARTS) is 2. The van der Waals surface area contributed by atoms with E-state index in [1.165, 1.54) is 0 Å². The van der Waals surface area contributed by atoms with Crippen LogP contribution in [0.2, 0.25) is 0 Å². The van der Waals surface area contributed by atoms with E-state index in [1.54, 1.807) is 13.8 Å². The average Bonchev–Trinajstić information content (AvgIpc) is 2.15. The summed E-state index contributed by atoms with van der Waals surface area (Å²) in [7, 11) is 0. The second kappa shape index (κ2) is 8.48. The molecule has 2 unspecified atom stereocenters. The molecule has 0 radical (unpaired) electrons. The molecule has 0 rings (SSSR count). The normalized spacial score (nSPS) is 13.2. The van der Waals surface area contributed by atoms with Crippen molar-refractivity contribution in [2.24, 2.45) is 23.1 Å². The van der Waals surface area contributed by atoms with Crippen LogP contribution in [-0.2, 0) is 14.4 Å². The van der Waals surface area contributed by atoms with Crippen LogP contribution in [-0.4, -0.2) is 40.1 Å². The third kappa shape index (κ3) is 10.6. The molecule has 0 aromatic rings. The summed E-state index contributed by atoms with van der Waals surface area (Å²) in [6.45, 7) is 3.55. The highest BCUT2D eigenvalue weighted by Gasteiger charge is 2.14. The summed E-state index contributed by atoms with van der Waals surface area (Å²) >= 11 is 0. The van der Waals surface area contributed by atoms with Gasteiger partial charge in [0.15, 0.2) is 0 Å². The molecule has 1 amide bonds. The number of nitrogens with two attached hydrogens (primary N) is 3. The van der Waals surface area contributed by atoms with Crippen LogP contribution in [0.5, 0.6) is 0 Å². The van der Waals surface area contributed by atoms with E-state index in [0.29, 0.717) is 0 Å². The molecule has 0 fully saturated rings. The highest BCUT2D eigenvalue weighted by Crippen LogP contribution is 1.96. The summed E-state index contributed by atoms with van der Waals surface area (Å²) in [4.78, 5) is 29.9. The van der Waals surface area contributed by atoms with E-state index in [4.69, 9.17) is 21.7 Å². The Balaban J connectivity index is 0. The van der Waals surface area contributed by atoms with E-state index in [2.05, 4.69) is 5.73 Å². The van der Waals surface area contributed by atoms with Crippen molar-refractivity contribution < 1.29 is 24.6 Å². The molecule has 8 nitrogen and oxygen atoms in total. The third-order valence-corrected chi connectivity index (χ3v) is 1.74. The number of carboxylic acids is 2. The van der Waals surface area contributed by atoms with Crippen LogP contribution < -0.4 is 17.2 Å². The van der Waals surface area contributed by atoms with Gasteiger partial charge in [-0.15, -0.1) is 0 Å². The fourth-order valence-electron chi connectivity index (χ4n) is 0.589. The minimum atomic E-state index is -1.21. The standard InChI is InChI=1S/C5H11NO2.C4H8N2O3/c1-3(2)4(6)5(7)8;5-2(4(8)9)1-3(6)7/h3-4H,6H2,1-2H3,(H,7,8);2H,1,5H2,(H2,6,7)(H,8,9). The van der Waals surface area contributed by atoms with Crippen LogP contribution in [0, 0.1) is 5.92 Å². The number of amides is 1. The van der Waals surface area contributed by atoms with Gasteiger partial charge in [-0.3, -0.25) is 14.4 Å². The number of aliphatic carboxylic acids is 2. The molecule has 17 heavy (non-hydrogen) atoms. The lowest BCUT2D eigenvalue weighted by Crippen LogP contribution is -2.34. The van der Waals surface area contributed by atoms with Crippen molar-refractivity contribution >= 4 is 17.8 Å². The van der Waals surface area contributed by atoms with Crippen molar-refractivity contribution in [3.05, 3.63) is 0 Å². The molecule has 100 valence electrons. The molecular weight excluding hydrogens is 230 g/mol. The van der Waals surface area contributed by atoms with Crippen LogP contribution in [0.4, 0.5) is 0 Å². The van der Waals surface area contributed by atoms with Gasteiger partial charge in [-0.1, -0.05) is 13.8 Å². The van der Waals surface area contributed by atoms with Gasteiger partial charge in [0.25, 0.3) is 0 Å². The minimum Gasteiger partial charge on any atom is -0.480 e. The Morgan fingerprint density at radius 1 is 1.06 bits per heavy atom. The van der Waals surface area contributed by atoms with Crippen LogP contribution in [0.1, 0.15) is 20.3 Å². The number of carbonyl (C=O) groups excluding carboxylic acids is 1. The van der Waals surface area contributed by atoms with E-state index in [1.807, 2.05) is 0 Å². The number of carbonyl (C=O) groups is 3. The quantitative estimate of drug-likeness (QED) is 0.387. The summed E-state index contributed by atoms with van der Waals surface area (Å²) in [6.07, 6.45) is -0.310. The first-order valence-corrected chi connectivity index (χ1v) is 4.84. The maximum Gasteiger partial charge on any atom is 0.321 e. The van der Waals surface area contributed by atoms with Crippen molar-refractivity contribution in [2.75, 3.05) is 0 Å². The van der Waals surface area contributed by atoms with Crippen LogP contribution in [0.25, 0.3) is 0 Å². The predicted octanol–water partition coefficient (Wildman–Crippen LogP) is -1.67. The van der Waals surface area contributed by atoms with Gasteiger partial charge in [0.05, 0.1) is 6.42 Å². The Kier molecular flexibility index (Phi) is 8.84. The molecule has 2 atom stereocenters. The van der Waals surface area contributed by atoms with Crippen LogP contribution in [0.15, 0.2) is 0 Å². The van der Waals surface area contributed by atoms with Gasteiger partial charge in [-0.2, -0.15) is 0 Å². The summed E-state index contributed by atoms with van der Waals surface area (Å²) in [5.74, 6) is -2.83. The minimum absolute atomic E-state index is 0.0208. The van der Waals surface area contributed by atoms with Crippen molar-refractivity contribution in [3.63, 3.8) is 0 Å². The molecule has 0 saturated heterocycles. The summed E-state index contributed by atoms with van der Waals surface area (Å²) in [5, 5.41) is 16.3. The van der Waals surface area contributed by atoms with E-state index in [0.717, 1.165) is 0 Å². The first kappa shape index (κ1) is 17.7. The van der Waals surface area contributed by atoms with Crippen LogP contribution >= 0.6 is 0 Å². The fourth-order valence-corrected chi connectivity index (χ4v) is 0.589. The molecule has 8 heteroatoms. The maximum atomic E-state index is 10.0. The highest BCUT2D eigenvalue weighted by molar-refractivity contribution is 5.83. The van der Waals surface area contributed by atoms with Gasteiger partial charge in [0.1, 0.15) is 12.1 Å². The molecule has 0 aromatic carbocycles. The molecule has 0 aliphatic carbocycles. The van der Waals surface area contributed by atoms with Gasteiger partial charge >= 0.3 is 11.9 Å². The zero-order valence-electron chi connectivity index (χ0n) is 9.79. The van der Waals surface area contributed by atoms with Gasteiger partial charge in [0, 0.05) is 0 Å². The Morgan fingerprint density at radius 3 is 1.53 bits per heavy atom. The zero-order chi connectivity index (χ0) is 14.2. The van der Waals surface area contributed by atoms with Gasteiger partial charge in [0.2, 0.25) is 5.91 Å². The van der Waals surface area contributed by atoms with Gasteiger partial charge < -0.3 is 27.4 Å². The highest BCUT2D eigenvalue weighted by atomic mass is 16.4. The fraction of sp³-hybridized carbons (Fsp3) is 0.667. The lowest BCUT2D eigenvalue weighted by atomic mass is 10.1. The van der Waals surface area contributed by atoms with Gasteiger partial charge in [-0.25, -0.2) is 0 Å². The van der Waals surface area contributed by atoms with E-state index >= 15 is 0 Å². The molecule has 0 heterocycles. The lowest BCUT2D eigenvalue weighted by molar-refractivity contribution is -0.140. The van der Waals surface area contributed by atoms with E-state index < -0.39 is 29.9 Å². The SMILES string of the molecule is CC(C)C(N)C(=O)O.NC(=O)CC(N)C(=O)O. The number of rotatable bonds is 5. The van der Waals surface area contributed by atoms with Crippen molar-refractivity contribution in [2.45, 2.75) is 32.4 Å². The first-order valence-electron chi connectivity index (χ1n) is 4.84. The maximum absolute atomic E-state index is 10.0. The second-order valence-electron chi connectivity index (χ2n) is 3.72. The number of primary amides is 1. The Labute approximate surface area is 98.8 Å². The lowest BCUT2D eigenvalue weighted by Gasteiger charge is -2.07. The second-order valence-corrected chi connectivity index (χ2v) is 3.72. The van der Waals surface area contributed by atoms with Gasteiger partial charge in [-0.05, 0) is 5.92 Å². The molecule has 0 saturated carbocycles. The van der Waals surface area contributed by atoms with Crippen molar-refractivity contribution in [3.8, 4) is 0 Å². The third-order valence-electron chi connectivity index (χ3n) is 1.74. The molecule has 8 N–H and O–H groups in total. The Bertz CT molecular complexity index is 280. The summed E-state index contributed by atoms with van der Waals surface area (Å²) in [6, 6.07) is -1.88. The molecule has 0 bridgehead atoms. The summed E-state index contributed by atoms with van der Waals surface area (Å²) in [5.41, 5.74) is 14.7. The molecular formula is C9H19N3O5.